The van der Waals surface area contributed by atoms with Crippen molar-refractivity contribution >= 4 is 14.6 Å². The SMILES string of the molecule is C=Cc1ccccc1O[Si](C)(CCC)OCC. The van der Waals surface area contributed by atoms with Gasteiger partial charge < -0.3 is 8.85 Å². The number of hydrogen-bond donors (Lipinski definition) is 0. The molecule has 0 N–H and O–H groups in total. The van der Waals surface area contributed by atoms with E-state index in [1.807, 2.05) is 37.3 Å². The summed E-state index contributed by atoms with van der Waals surface area (Å²) in [6.07, 6.45) is 2.90. The van der Waals surface area contributed by atoms with Gasteiger partial charge in [0.15, 0.2) is 0 Å². The summed E-state index contributed by atoms with van der Waals surface area (Å²) in [5.74, 6) is 0.888. The smallest absolute Gasteiger partial charge is 0.395 e. The molecule has 1 aromatic carbocycles. The third kappa shape index (κ3) is 4.02. The molecule has 1 rings (SSSR count). The average Bonchev–Trinajstić information content (AvgIpc) is 2.30. The third-order valence-electron chi connectivity index (χ3n) is 2.62. The van der Waals surface area contributed by atoms with Crippen molar-refractivity contribution in [1.82, 2.24) is 0 Å². The molecule has 2 nitrogen and oxygen atoms in total. The summed E-state index contributed by atoms with van der Waals surface area (Å²) in [5.41, 5.74) is 1.03. The van der Waals surface area contributed by atoms with Crippen molar-refractivity contribution in [2.45, 2.75) is 32.9 Å². The monoisotopic (exact) mass is 250 g/mol. The largest absolute Gasteiger partial charge is 0.520 e. The molecule has 0 heterocycles. The van der Waals surface area contributed by atoms with E-state index in [4.69, 9.17) is 8.85 Å². The van der Waals surface area contributed by atoms with Crippen LogP contribution in [0.4, 0.5) is 0 Å². The molecule has 3 heteroatoms. The zero-order valence-corrected chi connectivity index (χ0v) is 12.0. The van der Waals surface area contributed by atoms with Crippen LogP contribution in [-0.2, 0) is 4.43 Å². The maximum absolute atomic E-state index is 6.15. The topological polar surface area (TPSA) is 18.5 Å². The van der Waals surface area contributed by atoms with E-state index in [0.717, 1.165) is 23.8 Å². The standard InChI is InChI=1S/C14H22O2Si/c1-5-12-17(4,15-7-3)16-14-11-9-8-10-13(14)6-2/h6,8-11H,2,5,7,12H2,1,3-4H3. The van der Waals surface area contributed by atoms with Crippen LogP contribution in [0.3, 0.4) is 0 Å². The predicted molar refractivity (Wildman–Crippen MR) is 75.5 cm³/mol. The van der Waals surface area contributed by atoms with E-state index in [0.29, 0.717) is 6.61 Å². The molecule has 0 amide bonds. The lowest BCUT2D eigenvalue weighted by Gasteiger charge is -2.27. The van der Waals surface area contributed by atoms with Crippen molar-refractivity contribution in [3.8, 4) is 5.75 Å². The highest BCUT2D eigenvalue weighted by atomic mass is 28.4. The molecule has 0 aliphatic rings. The number of benzene rings is 1. The fraction of sp³-hybridized carbons (Fsp3) is 0.429. The van der Waals surface area contributed by atoms with Gasteiger partial charge in [-0.3, -0.25) is 0 Å². The quantitative estimate of drug-likeness (QED) is 0.674. The molecule has 0 saturated carbocycles. The van der Waals surface area contributed by atoms with Crippen LogP contribution in [0.5, 0.6) is 5.75 Å². The van der Waals surface area contributed by atoms with Crippen molar-refractivity contribution in [2.75, 3.05) is 6.61 Å². The summed E-state index contributed by atoms with van der Waals surface area (Å²) in [7, 11) is -2.09. The lowest BCUT2D eigenvalue weighted by molar-refractivity contribution is 0.256. The first-order valence-electron chi connectivity index (χ1n) is 6.19. The molecule has 0 fully saturated rings. The first-order valence-corrected chi connectivity index (χ1v) is 8.72. The highest BCUT2D eigenvalue weighted by molar-refractivity contribution is 6.66. The van der Waals surface area contributed by atoms with E-state index in [-0.39, 0.29) is 0 Å². The van der Waals surface area contributed by atoms with Gasteiger partial charge in [0.05, 0.1) is 0 Å². The van der Waals surface area contributed by atoms with Crippen LogP contribution in [0.25, 0.3) is 6.08 Å². The first-order chi connectivity index (χ1) is 8.15. The molecule has 17 heavy (non-hydrogen) atoms. The molecule has 0 aliphatic carbocycles. The van der Waals surface area contributed by atoms with Gasteiger partial charge in [-0.15, -0.1) is 0 Å². The van der Waals surface area contributed by atoms with Crippen molar-refractivity contribution in [3.63, 3.8) is 0 Å². The molecule has 0 bridgehead atoms. The minimum Gasteiger partial charge on any atom is -0.520 e. The normalized spacial score (nSPS) is 14.1. The van der Waals surface area contributed by atoms with E-state index in [2.05, 4.69) is 20.0 Å². The lowest BCUT2D eigenvalue weighted by Crippen LogP contribution is -2.42. The highest BCUT2D eigenvalue weighted by Gasteiger charge is 2.32. The first kappa shape index (κ1) is 14.0. The summed E-state index contributed by atoms with van der Waals surface area (Å²) in [6, 6.07) is 8.97. The van der Waals surface area contributed by atoms with Gasteiger partial charge in [-0.05, 0) is 19.5 Å². The van der Waals surface area contributed by atoms with Crippen molar-refractivity contribution < 1.29 is 8.85 Å². The molecule has 1 aromatic rings. The van der Waals surface area contributed by atoms with E-state index in [9.17, 15) is 0 Å². The Balaban J connectivity index is 2.88. The summed E-state index contributed by atoms with van der Waals surface area (Å²) in [4.78, 5) is 0. The number of para-hydroxylation sites is 1. The van der Waals surface area contributed by atoms with Crippen LogP contribution in [0.1, 0.15) is 25.8 Å². The van der Waals surface area contributed by atoms with Crippen LogP contribution in [-0.4, -0.2) is 15.2 Å². The zero-order valence-electron chi connectivity index (χ0n) is 11.0. The minimum atomic E-state index is -2.09. The molecular formula is C14H22O2Si. The summed E-state index contributed by atoms with van der Waals surface area (Å²) in [6.45, 7) is 10.8. The molecule has 0 aliphatic heterocycles. The second kappa shape index (κ2) is 6.62. The molecule has 0 spiro atoms. The van der Waals surface area contributed by atoms with Crippen molar-refractivity contribution in [2.24, 2.45) is 0 Å². The maximum Gasteiger partial charge on any atom is 0.395 e. The van der Waals surface area contributed by atoms with E-state index in [1.54, 1.807) is 0 Å². The zero-order chi connectivity index (χ0) is 12.7. The second-order valence-electron chi connectivity index (χ2n) is 4.16. The molecule has 1 atom stereocenters. The molecule has 0 radical (unpaired) electrons. The Kier molecular flexibility index (Phi) is 5.45. The number of hydrogen-bond acceptors (Lipinski definition) is 2. The summed E-state index contributed by atoms with van der Waals surface area (Å²) < 4.78 is 12.0. The van der Waals surface area contributed by atoms with E-state index < -0.39 is 8.56 Å². The average molecular weight is 250 g/mol. The molecule has 94 valence electrons. The van der Waals surface area contributed by atoms with Crippen molar-refractivity contribution in [1.29, 1.82) is 0 Å². The Morgan fingerprint density at radius 1 is 1.29 bits per heavy atom. The Hall–Kier alpha value is -1.06. The van der Waals surface area contributed by atoms with Crippen LogP contribution >= 0.6 is 0 Å². The van der Waals surface area contributed by atoms with Crippen LogP contribution in [0.15, 0.2) is 30.8 Å². The van der Waals surface area contributed by atoms with Crippen LogP contribution in [0, 0.1) is 0 Å². The van der Waals surface area contributed by atoms with Gasteiger partial charge in [-0.25, -0.2) is 0 Å². The highest BCUT2D eigenvalue weighted by Crippen LogP contribution is 2.25. The molecular weight excluding hydrogens is 228 g/mol. The summed E-state index contributed by atoms with van der Waals surface area (Å²) in [5, 5.41) is 0. The van der Waals surface area contributed by atoms with Gasteiger partial charge in [0.25, 0.3) is 0 Å². The third-order valence-corrected chi connectivity index (χ3v) is 5.58. The predicted octanol–water partition coefficient (Wildman–Crippen LogP) is 4.23. The van der Waals surface area contributed by atoms with Gasteiger partial charge in [-0.1, -0.05) is 44.2 Å². The van der Waals surface area contributed by atoms with Gasteiger partial charge in [0.1, 0.15) is 5.75 Å². The minimum absolute atomic E-state index is 0.707. The van der Waals surface area contributed by atoms with Gasteiger partial charge in [0, 0.05) is 18.2 Å². The van der Waals surface area contributed by atoms with Crippen LogP contribution in [0.2, 0.25) is 12.6 Å². The fourth-order valence-corrected chi connectivity index (χ4v) is 4.36. The summed E-state index contributed by atoms with van der Waals surface area (Å²) >= 11 is 0. The second-order valence-corrected chi connectivity index (χ2v) is 7.42. The van der Waals surface area contributed by atoms with Crippen LogP contribution < -0.4 is 4.43 Å². The maximum atomic E-state index is 6.15. The van der Waals surface area contributed by atoms with Gasteiger partial charge in [0.2, 0.25) is 0 Å². The molecule has 1 unspecified atom stereocenters. The van der Waals surface area contributed by atoms with Gasteiger partial charge >= 0.3 is 8.56 Å². The van der Waals surface area contributed by atoms with Crippen molar-refractivity contribution in [3.05, 3.63) is 36.4 Å². The molecule has 0 saturated heterocycles. The fourth-order valence-electron chi connectivity index (χ4n) is 1.89. The Labute approximate surface area is 106 Å². The Bertz CT molecular complexity index is 357. The Morgan fingerprint density at radius 3 is 2.59 bits per heavy atom. The number of rotatable bonds is 7. The lowest BCUT2D eigenvalue weighted by atomic mass is 10.2. The Morgan fingerprint density at radius 2 is 2.00 bits per heavy atom. The van der Waals surface area contributed by atoms with E-state index >= 15 is 0 Å². The van der Waals surface area contributed by atoms with Gasteiger partial charge in [-0.2, -0.15) is 0 Å². The molecule has 0 aromatic heterocycles. The van der Waals surface area contributed by atoms with E-state index in [1.165, 1.54) is 0 Å².